The number of aromatic nitrogens is 2. The van der Waals surface area contributed by atoms with Gasteiger partial charge in [-0.3, -0.25) is 0 Å². The summed E-state index contributed by atoms with van der Waals surface area (Å²) in [6.07, 6.45) is -6.11. The first-order chi connectivity index (χ1) is 13.9. The molecule has 0 bridgehead atoms. The third-order valence-electron chi connectivity index (χ3n) is 3.66. The van der Waals surface area contributed by atoms with Crippen LogP contribution in [0.1, 0.15) is 21.6 Å². The van der Waals surface area contributed by atoms with Crippen LogP contribution in [-0.2, 0) is 26.7 Å². The molecule has 0 amide bonds. The fourth-order valence-electron chi connectivity index (χ4n) is 2.40. The van der Waals surface area contributed by atoms with Crippen LogP contribution in [0.5, 0.6) is 0 Å². The molecular formula is C16H13ClF5N3O4S. The zero-order valence-electron chi connectivity index (χ0n) is 15.0. The minimum absolute atomic E-state index is 0.0908. The van der Waals surface area contributed by atoms with Crippen LogP contribution in [0.2, 0.25) is 5.02 Å². The number of carbonyl (C=O) groups excluding carboxylic acids is 1. The molecule has 0 N–H and O–H groups in total. The van der Waals surface area contributed by atoms with Crippen molar-refractivity contribution in [3.63, 3.8) is 0 Å². The molecular weight excluding hydrogens is 461 g/mol. The largest absolute Gasteiger partial charge is 0.464 e. The van der Waals surface area contributed by atoms with E-state index in [1.807, 2.05) is 0 Å². The number of hydrogen-bond donors (Lipinski definition) is 0. The standard InChI is InChI=1S/C16H13ClF5N3O4S/c1-29-15(26)13-14(24-6-5-23-13)25(7-11(18)19)30(27,28)8-9-3-2-4-10(12(9)17)16(20,21)22/h2-6,11H,7-8H2,1H3. The fourth-order valence-corrected chi connectivity index (χ4v) is 4.30. The van der Waals surface area contributed by atoms with Gasteiger partial charge < -0.3 is 4.74 Å². The first-order valence-corrected chi connectivity index (χ1v) is 9.89. The van der Waals surface area contributed by atoms with Crippen LogP contribution in [0.3, 0.4) is 0 Å². The van der Waals surface area contributed by atoms with E-state index in [2.05, 4.69) is 14.7 Å². The quantitative estimate of drug-likeness (QED) is 0.451. The van der Waals surface area contributed by atoms with Crippen LogP contribution in [0.25, 0.3) is 0 Å². The molecule has 1 aromatic heterocycles. The van der Waals surface area contributed by atoms with Gasteiger partial charge in [-0.15, -0.1) is 0 Å². The number of carbonyl (C=O) groups is 1. The van der Waals surface area contributed by atoms with Crippen molar-refractivity contribution in [2.45, 2.75) is 18.4 Å². The number of ether oxygens (including phenoxy) is 1. The van der Waals surface area contributed by atoms with Crippen LogP contribution in [0.15, 0.2) is 30.6 Å². The van der Waals surface area contributed by atoms with Gasteiger partial charge >= 0.3 is 12.1 Å². The van der Waals surface area contributed by atoms with Crippen molar-refractivity contribution in [3.8, 4) is 0 Å². The Kier molecular flexibility index (Phi) is 7.18. The summed E-state index contributed by atoms with van der Waals surface area (Å²) < 4.78 is 95.5. The Morgan fingerprint density at radius 3 is 2.43 bits per heavy atom. The van der Waals surface area contributed by atoms with Gasteiger partial charge in [0.2, 0.25) is 10.0 Å². The van der Waals surface area contributed by atoms with Crippen molar-refractivity contribution in [3.05, 3.63) is 52.4 Å². The van der Waals surface area contributed by atoms with Crippen LogP contribution in [0.4, 0.5) is 27.8 Å². The van der Waals surface area contributed by atoms with E-state index < -0.39 is 68.6 Å². The number of sulfonamides is 1. The van der Waals surface area contributed by atoms with E-state index >= 15 is 0 Å². The summed E-state index contributed by atoms with van der Waals surface area (Å²) in [7, 11) is -3.83. The highest BCUT2D eigenvalue weighted by Crippen LogP contribution is 2.37. The third-order valence-corrected chi connectivity index (χ3v) is 5.77. The van der Waals surface area contributed by atoms with Crippen molar-refractivity contribution >= 4 is 33.4 Å². The molecule has 1 aromatic carbocycles. The number of halogens is 6. The van der Waals surface area contributed by atoms with Crippen molar-refractivity contribution in [2.24, 2.45) is 0 Å². The van der Waals surface area contributed by atoms with Gasteiger partial charge in [0.15, 0.2) is 11.5 Å². The molecule has 0 atom stereocenters. The summed E-state index contributed by atoms with van der Waals surface area (Å²) in [6.45, 7) is -1.43. The van der Waals surface area contributed by atoms with Gasteiger partial charge in [0.1, 0.15) is 0 Å². The van der Waals surface area contributed by atoms with E-state index in [0.717, 1.165) is 31.6 Å². The summed E-state index contributed by atoms with van der Waals surface area (Å²) in [5, 5.41) is -0.891. The lowest BCUT2D eigenvalue weighted by Gasteiger charge is -2.24. The molecule has 0 saturated heterocycles. The molecule has 0 radical (unpaired) electrons. The molecule has 0 aliphatic rings. The van der Waals surface area contributed by atoms with Gasteiger partial charge in [0, 0.05) is 12.4 Å². The Balaban J connectivity index is 2.56. The first-order valence-electron chi connectivity index (χ1n) is 7.91. The smallest absolute Gasteiger partial charge is 0.417 e. The summed E-state index contributed by atoms with van der Waals surface area (Å²) in [4.78, 5) is 19.1. The van der Waals surface area contributed by atoms with E-state index in [-0.39, 0.29) is 4.31 Å². The summed E-state index contributed by atoms with van der Waals surface area (Å²) in [6, 6.07) is 2.58. The van der Waals surface area contributed by atoms with Crippen LogP contribution in [0, 0.1) is 0 Å². The van der Waals surface area contributed by atoms with E-state index in [4.69, 9.17) is 11.6 Å². The molecule has 0 aliphatic heterocycles. The molecule has 0 saturated carbocycles. The maximum Gasteiger partial charge on any atom is 0.417 e. The number of esters is 1. The number of methoxy groups -OCH3 is 1. The lowest BCUT2D eigenvalue weighted by Crippen LogP contribution is -2.38. The van der Waals surface area contributed by atoms with Crippen molar-refractivity contribution in [2.75, 3.05) is 18.0 Å². The molecule has 0 spiro atoms. The SMILES string of the molecule is COC(=O)c1nccnc1N(CC(F)F)S(=O)(=O)Cc1cccc(C(F)(F)F)c1Cl. The number of hydrogen-bond acceptors (Lipinski definition) is 6. The number of anilines is 1. The van der Waals surface area contributed by atoms with Crippen molar-refractivity contribution in [1.82, 2.24) is 9.97 Å². The van der Waals surface area contributed by atoms with Crippen LogP contribution >= 0.6 is 11.6 Å². The highest BCUT2D eigenvalue weighted by molar-refractivity contribution is 7.92. The third kappa shape index (κ3) is 5.33. The first kappa shape index (κ1) is 23.7. The van der Waals surface area contributed by atoms with Crippen LogP contribution < -0.4 is 4.31 Å². The van der Waals surface area contributed by atoms with Gasteiger partial charge in [-0.05, 0) is 11.6 Å². The van der Waals surface area contributed by atoms with Gasteiger partial charge in [-0.25, -0.2) is 36.3 Å². The van der Waals surface area contributed by atoms with Gasteiger partial charge in [-0.2, -0.15) is 13.2 Å². The second-order valence-electron chi connectivity index (χ2n) is 5.67. The normalized spacial score (nSPS) is 12.1. The predicted octanol–water partition coefficient (Wildman–Crippen LogP) is 3.54. The summed E-state index contributed by atoms with van der Waals surface area (Å²) in [5.74, 6) is -3.07. The fraction of sp³-hybridized carbons (Fsp3) is 0.312. The monoisotopic (exact) mass is 473 g/mol. The lowest BCUT2D eigenvalue weighted by molar-refractivity contribution is -0.137. The minimum Gasteiger partial charge on any atom is -0.464 e. The van der Waals surface area contributed by atoms with Gasteiger partial charge in [0.05, 0.1) is 30.0 Å². The van der Waals surface area contributed by atoms with Gasteiger partial charge in [0.25, 0.3) is 6.43 Å². The molecule has 14 heteroatoms. The molecule has 2 rings (SSSR count). The van der Waals surface area contributed by atoms with E-state index in [0.29, 0.717) is 6.07 Å². The predicted molar refractivity (Wildman–Crippen MR) is 95.8 cm³/mol. The molecule has 0 fully saturated rings. The molecule has 1 heterocycles. The van der Waals surface area contributed by atoms with Crippen LogP contribution in [-0.4, -0.2) is 44.4 Å². The van der Waals surface area contributed by atoms with E-state index in [1.165, 1.54) is 0 Å². The molecule has 164 valence electrons. The Labute approximate surface area is 172 Å². The van der Waals surface area contributed by atoms with Crippen molar-refractivity contribution in [1.29, 1.82) is 0 Å². The second-order valence-corrected chi connectivity index (χ2v) is 7.95. The Morgan fingerprint density at radius 2 is 1.87 bits per heavy atom. The second kappa shape index (κ2) is 9.08. The molecule has 30 heavy (non-hydrogen) atoms. The molecule has 0 unspecified atom stereocenters. The maximum atomic E-state index is 13.1. The average molecular weight is 474 g/mol. The summed E-state index contributed by atoms with van der Waals surface area (Å²) in [5.41, 5.74) is -2.43. The topological polar surface area (TPSA) is 89.5 Å². The molecule has 0 aliphatic carbocycles. The Morgan fingerprint density at radius 1 is 1.23 bits per heavy atom. The van der Waals surface area contributed by atoms with Gasteiger partial charge in [-0.1, -0.05) is 23.7 Å². The Bertz CT molecular complexity index is 1030. The highest BCUT2D eigenvalue weighted by Gasteiger charge is 2.36. The highest BCUT2D eigenvalue weighted by atomic mass is 35.5. The van der Waals surface area contributed by atoms with E-state index in [9.17, 15) is 35.2 Å². The number of nitrogens with zero attached hydrogens (tertiary/aromatic N) is 3. The number of rotatable bonds is 7. The molecule has 7 nitrogen and oxygen atoms in total. The Hall–Kier alpha value is -2.54. The summed E-state index contributed by atoms with van der Waals surface area (Å²) >= 11 is 5.71. The van der Waals surface area contributed by atoms with Crippen molar-refractivity contribution < 1.29 is 39.9 Å². The zero-order valence-corrected chi connectivity index (χ0v) is 16.6. The number of benzene rings is 1. The number of alkyl halides is 5. The maximum absolute atomic E-state index is 13.1. The minimum atomic E-state index is -4.86. The van der Waals surface area contributed by atoms with E-state index in [1.54, 1.807) is 0 Å². The zero-order chi connectivity index (χ0) is 22.7. The average Bonchev–Trinajstić information content (AvgIpc) is 2.66. The lowest BCUT2D eigenvalue weighted by atomic mass is 10.1. The molecule has 2 aromatic rings.